The van der Waals surface area contributed by atoms with E-state index in [4.69, 9.17) is 19.3 Å². The van der Waals surface area contributed by atoms with Crippen LogP contribution in [0.2, 0.25) is 0 Å². The summed E-state index contributed by atoms with van der Waals surface area (Å²) in [6, 6.07) is 7.43. The molecule has 0 aromatic heterocycles. The fourth-order valence-corrected chi connectivity index (χ4v) is 8.78. The van der Waals surface area contributed by atoms with Gasteiger partial charge in [0.1, 0.15) is 17.0 Å². The van der Waals surface area contributed by atoms with Crippen LogP contribution in [0.1, 0.15) is 164 Å². The van der Waals surface area contributed by atoms with Crippen LogP contribution in [-0.4, -0.2) is 41.3 Å². The lowest BCUT2D eigenvalue weighted by Gasteiger charge is -2.62. The highest BCUT2D eigenvalue weighted by Crippen LogP contribution is 2.62. The molecule has 0 amide bonds. The fourth-order valence-electron chi connectivity index (χ4n) is 8.78. The van der Waals surface area contributed by atoms with Crippen molar-refractivity contribution >= 4 is 17.9 Å². The zero-order valence-corrected chi connectivity index (χ0v) is 33.4. The Morgan fingerprint density at radius 2 is 1.24 bits per heavy atom. The molecule has 0 spiro atoms. The highest BCUT2D eigenvalue weighted by Gasteiger charge is 2.61. The van der Waals surface area contributed by atoms with Crippen molar-refractivity contribution in [3.8, 4) is 5.75 Å². The molecule has 5 aliphatic carbocycles. The van der Waals surface area contributed by atoms with Crippen LogP contribution < -0.4 is 0 Å². The first kappa shape index (κ1) is 41.8. The van der Waals surface area contributed by atoms with Crippen molar-refractivity contribution < 1.29 is 33.7 Å². The molecule has 6 rings (SSSR count). The van der Waals surface area contributed by atoms with Crippen LogP contribution in [0.5, 0.6) is 5.75 Å². The first-order valence-electron chi connectivity index (χ1n) is 19.7. The molecular weight excluding hydrogens is 628 g/mol. The minimum atomic E-state index is -0.628. The molecule has 1 aromatic carbocycles. The van der Waals surface area contributed by atoms with Crippen LogP contribution in [0.25, 0.3) is 0 Å². The smallest absolute Gasteiger partial charge is 0.312 e. The first-order chi connectivity index (χ1) is 23.4. The van der Waals surface area contributed by atoms with Gasteiger partial charge in [-0.25, -0.2) is 0 Å². The highest BCUT2D eigenvalue weighted by molar-refractivity contribution is 5.78. The molecule has 1 aromatic rings. The van der Waals surface area contributed by atoms with Crippen LogP contribution in [0.3, 0.4) is 0 Å². The van der Waals surface area contributed by atoms with E-state index >= 15 is 0 Å². The van der Waals surface area contributed by atoms with Gasteiger partial charge < -0.3 is 19.3 Å². The zero-order valence-electron chi connectivity index (χ0n) is 33.4. The molecular formula is C43H70O7. The molecule has 0 heterocycles. The summed E-state index contributed by atoms with van der Waals surface area (Å²) >= 11 is 0. The molecule has 5 aliphatic rings. The molecule has 7 nitrogen and oxygen atoms in total. The minimum Gasteiger partial charge on any atom is -0.508 e. The van der Waals surface area contributed by atoms with Gasteiger partial charge in [-0.2, -0.15) is 0 Å². The number of carbonyl (C=O) groups excluding carboxylic acids is 3. The third-order valence-corrected chi connectivity index (χ3v) is 13.1. The second-order valence-electron chi connectivity index (χ2n) is 17.6. The fraction of sp³-hybridized carbons (Fsp3) is 0.791. The molecule has 0 saturated heterocycles. The van der Waals surface area contributed by atoms with Gasteiger partial charge in [0.15, 0.2) is 0 Å². The average molecular weight is 699 g/mol. The van der Waals surface area contributed by atoms with Crippen molar-refractivity contribution in [3.63, 3.8) is 0 Å². The number of phenols is 1. The average Bonchev–Trinajstić information content (AvgIpc) is 3.53. The number of aromatic hydroxyl groups is 1. The monoisotopic (exact) mass is 699 g/mol. The Morgan fingerprint density at radius 3 is 1.64 bits per heavy atom. The van der Waals surface area contributed by atoms with Gasteiger partial charge in [0.25, 0.3) is 0 Å². The second-order valence-corrected chi connectivity index (χ2v) is 17.6. The largest absolute Gasteiger partial charge is 0.508 e. The number of phenolic OH excluding ortho intramolecular Hbond substituents is 1. The van der Waals surface area contributed by atoms with E-state index in [2.05, 4.69) is 34.6 Å². The standard InChI is InChI=1S/C19H32O2.C14H24O4.C10H14O/c1-6-18(4,5)17(20)21-19(12(2)3)15-8-13-7-14(10-15)11-16(19)9-13;1-5-13(2,3)12(16)18-14(8-6-7-9-14)10-11(15)17-4;1-3-8(2)9-4-6-10(11)7-5-9/h12-16H,6-11H2,1-5H3;5-10H2,1-4H3;4-8,11H,3H2,1-2H3. The summed E-state index contributed by atoms with van der Waals surface area (Å²) < 4.78 is 16.8. The Balaban J connectivity index is 0.000000213. The summed E-state index contributed by atoms with van der Waals surface area (Å²) in [5.41, 5.74) is -0.346. The summed E-state index contributed by atoms with van der Waals surface area (Å²) in [5.74, 6) is 3.95. The van der Waals surface area contributed by atoms with Gasteiger partial charge in [0.2, 0.25) is 0 Å². The van der Waals surface area contributed by atoms with Crippen molar-refractivity contribution in [2.75, 3.05) is 7.11 Å². The van der Waals surface area contributed by atoms with Crippen molar-refractivity contribution in [2.45, 2.75) is 170 Å². The van der Waals surface area contributed by atoms with Crippen molar-refractivity contribution in [2.24, 2.45) is 40.4 Å². The van der Waals surface area contributed by atoms with Crippen LogP contribution in [0, 0.1) is 40.4 Å². The summed E-state index contributed by atoms with van der Waals surface area (Å²) in [7, 11) is 1.36. The molecule has 7 heteroatoms. The molecule has 1 atom stereocenters. The first-order valence-corrected chi connectivity index (χ1v) is 19.7. The second kappa shape index (κ2) is 17.3. The van der Waals surface area contributed by atoms with E-state index in [-0.39, 0.29) is 35.3 Å². The molecule has 1 unspecified atom stereocenters. The number of hydrogen-bond acceptors (Lipinski definition) is 7. The SMILES string of the molecule is CCC(C)(C)C(=O)OC1(C(C)C)C2CC3CC(C2)CC1C3.CCC(C)(C)C(=O)OC1(CC(=O)OC)CCCC1.CCC(C)c1ccc(O)cc1. The summed E-state index contributed by atoms with van der Waals surface area (Å²) in [5, 5.41) is 9.01. The van der Waals surface area contributed by atoms with E-state index in [1.54, 1.807) is 12.1 Å². The molecule has 284 valence electrons. The molecule has 5 fully saturated rings. The third kappa shape index (κ3) is 9.85. The number of carbonyl (C=O) groups is 3. The number of benzene rings is 1. The number of esters is 3. The Bertz CT molecular complexity index is 1230. The molecule has 50 heavy (non-hydrogen) atoms. The summed E-state index contributed by atoms with van der Waals surface area (Å²) in [6.07, 6.45) is 13.0. The van der Waals surface area contributed by atoms with Gasteiger partial charge in [0.05, 0.1) is 24.4 Å². The summed E-state index contributed by atoms with van der Waals surface area (Å²) in [4.78, 5) is 36.4. The highest BCUT2D eigenvalue weighted by atomic mass is 16.6. The number of rotatable bonds is 11. The predicted molar refractivity (Wildman–Crippen MR) is 200 cm³/mol. The van der Waals surface area contributed by atoms with E-state index in [0.29, 0.717) is 29.4 Å². The van der Waals surface area contributed by atoms with E-state index in [1.165, 1.54) is 44.8 Å². The Morgan fingerprint density at radius 1 is 0.780 bits per heavy atom. The lowest BCUT2D eigenvalue weighted by Crippen LogP contribution is -2.63. The molecule has 4 bridgehead atoms. The number of hydrogen-bond donors (Lipinski definition) is 1. The minimum absolute atomic E-state index is 0.0335. The van der Waals surface area contributed by atoms with E-state index < -0.39 is 11.0 Å². The van der Waals surface area contributed by atoms with E-state index in [0.717, 1.165) is 56.8 Å². The Hall–Kier alpha value is -2.57. The van der Waals surface area contributed by atoms with Crippen LogP contribution in [0.15, 0.2) is 24.3 Å². The third-order valence-electron chi connectivity index (χ3n) is 13.1. The van der Waals surface area contributed by atoms with Gasteiger partial charge in [-0.15, -0.1) is 0 Å². The lowest BCUT2D eigenvalue weighted by atomic mass is 9.47. The van der Waals surface area contributed by atoms with Crippen LogP contribution in [0.4, 0.5) is 0 Å². The van der Waals surface area contributed by atoms with Crippen molar-refractivity contribution in [3.05, 3.63) is 29.8 Å². The molecule has 0 radical (unpaired) electrons. The Labute approximate surface area is 304 Å². The maximum absolute atomic E-state index is 12.8. The van der Waals surface area contributed by atoms with E-state index in [9.17, 15) is 14.4 Å². The van der Waals surface area contributed by atoms with E-state index in [1.807, 2.05) is 46.8 Å². The lowest BCUT2D eigenvalue weighted by molar-refractivity contribution is -0.231. The van der Waals surface area contributed by atoms with Gasteiger partial charge in [-0.05, 0) is 158 Å². The Kier molecular flexibility index (Phi) is 14.5. The van der Waals surface area contributed by atoms with Crippen molar-refractivity contribution in [1.29, 1.82) is 0 Å². The molecule has 0 aliphatic heterocycles. The zero-order chi connectivity index (χ0) is 37.5. The summed E-state index contributed by atoms with van der Waals surface area (Å²) in [6.45, 7) is 20.7. The number of methoxy groups -OCH3 is 1. The maximum atomic E-state index is 12.8. The van der Waals surface area contributed by atoms with Crippen LogP contribution in [-0.2, 0) is 28.6 Å². The normalized spacial score (nSPS) is 27.0. The molecule has 5 saturated carbocycles. The number of ether oxygens (including phenoxy) is 3. The molecule has 1 N–H and O–H groups in total. The van der Waals surface area contributed by atoms with Crippen molar-refractivity contribution in [1.82, 2.24) is 0 Å². The van der Waals surface area contributed by atoms with Gasteiger partial charge in [0, 0.05) is 0 Å². The van der Waals surface area contributed by atoms with Gasteiger partial charge in [-0.3, -0.25) is 14.4 Å². The van der Waals surface area contributed by atoms with Gasteiger partial charge >= 0.3 is 17.9 Å². The van der Waals surface area contributed by atoms with Gasteiger partial charge in [-0.1, -0.05) is 53.7 Å². The maximum Gasteiger partial charge on any atom is 0.312 e. The quantitative estimate of drug-likeness (QED) is 0.181. The topological polar surface area (TPSA) is 99.1 Å². The van der Waals surface area contributed by atoms with Crippen LogP contribution >= 0.6 is 0 Å². The predicted octanol–water partition coefficient (Wildman–Crippen LogP) is 10.6.